The van der Waals surface area contributed by atoms with Gasteiger partial charge < -0.3 is 9.47 Å². The molecule has 0 N–H and O–H groups in total. The van der Waals surface area contributed by atoms with Crippen LogP contribution in [0.5, 0.6) is 0 Å². The number of ketones is 1. The Balaban J connectivity index is 2.19. The van der Waals surface area contributed by atoms with E-state index in [1.54, 1.807) is 13.3 Å². The van der Waals surface area contributed by atoms with Crippen LogP contribution in [0, 0.1) is 0 Å². The lowest BCUT2D eigenvalue weighted by Crippen LogP contribution is -2.14. The first kappa shape index (κ1) is 11.8. The summed E-state index contributed by atoms with van der Waals surface area (Å²) in [4.78, 5) is 15.4. The normalized spacial score (nSPS) is 10.2. The summed E-state index contributed by atoms with van der Waals surface area (Å²) < 4.78 is 9.90. The number of Topliss-reactive ketones (excluding diaryl/α,β-unsaturated/α-hetero) is 1. The van der Waals surface area contributed by atoms with E-state index in [1.165, 1.54) is 0 Å². The molecule has 15 heavy (non-hydrogen) atoms. The molecule has 1 rings (SSSR count). The lowest BCUT2D eigenvalue weighted by molar-refractivity contribution is -0.123. The van der Waals surface area contributed by atoms with E-state index in [-0.39, 0.29) is 12.4 Å². The van der Waals surface area contributed by atoms with Crippen molar-refractivity contribution >= 4 is 5.78 Å². The number of carbonyl (C=O) groups is 1. The summed E-state index contributed by atoms with van der Waals surface area (Å²) in [6, 6.07) is 5.51. The molecule has 0 saturated heterocycles. The molecule has 0 aliphatic heterocycles. The van der Waals surface area contributed by atoms with Gasteiger partial charge in [0.1, 0.15) is 6.61 Å². The van der Waals surface area contributed by atoms with Crippen molar-refractivity contribution in [3.8, 4) is 0 Å². The fourth-order valence-corrected chi connectivity index (χ4v) is 1.08. The molecule has 0 aliphatic rings. The topological polar surface area (TPSA) is 48.4 Å². The molecule has 1 heterocycles. The highest BCUT2D eigenvalue weighted by molar-refractivity contribution is 5.81. The number of aromatic nitrogens is 1. The number of ether oxygens (including phenoxy) is 2. The maximum absolute atomic E-state index is 11.4. The van der Waals surface area contributed by atoms with Gasteiger partial charge in [0.25, 0.3) is 0 Å². The predicted molar refractivity (Wildman–Crippen MR) is 55.6 cm³/mol. The standard InChI is InChI=1S/C11H15NO3/c1-14-6-7-15-9-11(13)8-10-4-2-3-5-12-10/h2-5H,6-9H2,1H3. The first-order valence-electron chi connectivity index (χ1n) is 4.81. The summed E-state index contributed by atoms with van der Waals surface area (Å²) in [6.07, 6.45) is 2.00. The number of carbonyl (C=O) groups excluding carboxylic acids is 1. The van der Waals surface area contributed by atoms with Crippen LogP contribution in [0.4, 0.5) is 0 Å². The van der Waals surface area contributed by atoms with E-state index in [0.29, 0.717) is 19.6 Å². The van der Waals surface area contributed by atoms with Crippen LogP contribution in [0.1, 0.15) is 5.69 Å². The van der Waals surface area contributed by atoms with Crippen molar-refractivity contribution in [2.75, 3.05) is 26.9 Å². The summed E-state index contributed by atoms with van der Waals surface area (Å²) >= 11 is 0. The second-order valence-corrected chi connectivity index (χ2v) is 3.08. The molecular weight excluding hydrogens is 194 g/mol. The smallest absolute Gasteiger partial charge is 0.164 e. The van der Waals surface area contributed by atoms with Gasteiger partial charge in [-0.1, -0.05) is 6.07 Å². The van der Waals surface area contributed by atoms with Gasteiger partial charge in [-0.25, -0.2) is 0 Å². The fourth-order valence-electron chi connectivity index (χ4n) is 1.08. The maximum Gasteiger partial charge on any atom is 0.164 e. The second-order valence-electron chi connectivity index (χ2n) is 3.08. The summed E-state index contributed by atoms with van der Waals surface area (Å²) in [5.41, 5.74) is 0.776. The molecule has 0 atom stereocenters. The van der Waals surface area contributed by atoms with E-state index in [1.807, 2.05) is 18.2 Å². The van der Waals surface area contributed by atoms with E-state index in [2.05, 4.69) is 4.98 Å². The van der Waals surface area contributed by atoms with Gasteiger partial charge in [-0.3, -0.25) is 9.78 Å². The molecule has 0 fully saturated rings. The first-order chi connectivity index (χ1) is 7.33. The van der Waals surface area contributed by atoms with Gasteiger partial charge >= 0.3 is 0 Å². The number of hydrogen-bond donors (Lipinski definition) is 0. The second kappa shape index (κ2) is 7.09. The Morgan fingerprint density at radius 3 is 2.93 bits per heavy atom. The fraction of sp³-hybridized carbons (Fsp3) is 0.455. The molecule has 4 nitrogen and oxygen atoms in total. The van der Waals surface area contributed by atoms with Crippen molar-refractivity contribution in [3.63, 3.8) is 0 Å². The number of hydrogen-bond acceptors (Lipinski definition) is 4. The molecular formula is C11H15NO3. The minimum Gasteiger partial charge on any atom is -0.382 e. The molecule has 82 valence electrons. The SMILES string of the molecule is COCCOCC(=O)Cc1ccccn1. The summed E-state index contributed by atoms with van der Waals surface area (Å²) in [5.74, 6) is 0.0322. The summed E-state index contributed by atoms with van der Waals surface area (Å²) in [6.45, 7) is 1.08. The van der Waals surface area contributed by atoms with Gasteiger partial charge in [-0.15, -0.1) is 0 Å². The van der Waals surface area contributed by atoms with Crippen LogP contribution in [-0.2, 0) is 20.7 Å². The molecule has 0 amide bonds. The van der Waals surface area contributed by atoms with E-state index in [4.69, 9.17) is 9.47 Å². The van der Waals surface area contributed by atoms with Crippen molar-refractivity contribution < 1.29 is 14.3 Å². The Morgan fingerprint density at radius 2 is 2.27 bits per heavy atom. The lowest BCUT2D eigenvalue weighted by Gasteiger charge is -2.02. The van der Waals surface area contributed by atoms with Crippen molar-refractivity contribution in [3.05, 3.63) is 30.1 Å². The van der Waals surface area contributed by atoms with Crippen LogP contribution in [-0.4, -0.2) is 37.7 Å². The van der Waals surface area contributed by atoms with Gasteiger partial charge in [0.15, 0.2) is 5.78 Å². The lowest BCUT2D eigenvalue weighted by atomic mass is 10.2. The first-order valence-corrected chi connectivity index (χ1v) is 4.81. The van der Waals surface area contributed by atoms with Crippen molar-refractivity contribution in [1.82, 2.24) is 4.98 Å². The molecule has 0 unspecified atom stereocenters. The number of nitrogens with zero attached hydrogens (tertiary/aromatic N) is 1. The molecule has 0 radical (unpaired) electrons. The van der Waals surface area contributed by atoms with Crippen molar-refractivity contribution in [2.45, 2.75) is 6.42 Å². The highest BCUT2D eigenvalue weighted by Gasteiger charge is 2.03. The predicted octanol–water partition coefficient (Wildman–Crippen LogP) is 0.856. The summed E-state index contributed by atoms with van der Waals surface area (Å²) in [5, 5.41) is 0. The van der Waals surface area contributed by atoms with Crippen LogP contribution in [0.2, 0.25) is 0 Å². The van der Waals surface area contributed by atoms with Crippen LogP contribution in [0.3, 0.4) is 0 Å². The Morgan fingerprint density at radius 1 is 1.40 bits per heavy atom. The molecule has 0 saturated carbocycles. The third kappa shape index (κ3) is 5.24. The van der Waals surface area contributed by atoms with Gasteiger partial charge in [-0.2, -0.15) is 0 Å². The number of methoxy groups -OCH3 is 1. The molecule has 4 heteroatoms. The molecule has 1 aromatic heterocycles. The molecule has 0 aromatic carbocycles. The highest BCUT2D eigenvalue weighted by Crippen LogP contribution is 1.95. The van der Waals surface area contributed by atoms with Crippen LogP contribution in [0.25, 0.3) is 0 Å². The monoisotopic (exact) mass is 209 g/mol. The quantitative estimate of drug-likeness (QED) is 0.625. The summed E-state index contributed by atoms with van der Waals surface area (Å²) in [7, 11) is 1.60. The zero-order valence-electron chi connectivity index (χ0n) is 8.81. The van der Waals surface area contributed by atoms with Crippen LogP contribution in [0.15, 0.2) is 24.4 Å². The Hall–Kier alpha value is -1.26. The van der Waals surface area contributed by atoms with Gasteiger partial charge in [0.2, 0.25) is 0 Å². The minimum absolute atomic E-state index is 0.0322. The largest absolute Gasteiger partial charge is 0.382 e. The van der Waals surface area contributed by atoms with E-state index in [9.17, 15) is 4.79 Å². The third-order valence-corrected chi connectivity index (χ3v) is 1.80. The van der Waals surface area contributed by atoms with E-state index in [0.717, 1.165) is 5.69 Å². The third-order valence-electron chi connectivity index (χ3n) is 1.80. The van der Waals surface area contributed by atoms with E-state index >= 15 is 0 Å². The highest BCUT2D eigenvalue weighted by atomic mass is 16.5. The minimum atomic E-state index is 0.0322. The Kier molecular flexibility index (Phi) is 5.58. The Labute approximate surface area is 89.2 Å². The zero-order valence-corrected chi connectivity index (χ0v) is 8.81. The zero-order chi connectivity index (χ0) is 10.9. The van der Waals surface area contributed by atoms with Crippen molar-refractivity contribution in [1.29, 1.82) is 0 Å². The van der Waals surface area contributed by atoms with Crippen LogP contribution < -0.4 is 0 Å². The number of pyridine rings is 1. The average molecular weight is 209 g/mol. The van der Waals surface area contributed by atoms with Gasteiger partial charge in [0.05, 0.1) is 19.6 Å². The molecule has 0 aliphatic carbocycles. The number of rotatable bonds is 7. The van der Waals surface area contributed by atoms with Gasteiger partial charge in [0, 0.05) is 19.0 Å². The molecule has 0 spiro atoms. The Bertz CT molecular complexity index is 287. The van der Waals surface area contributed by atoms with Gasteiger partial charge in [-0.05, 0) is 12.1 Å². The molecule has 0 bridgehead atoms. The maximum atomic E-state index is 11.4. The van der Waals surface area contributed by atoms with Crippen molar-refractivity contribution in [2.24, 2.45) is 0 Å². The van der Waals surface area contributed by atoms with E-state index < -0.39 is 0 Å². The molecule has 1 aromatic rings. The average Bonchev–Trinajstić information content (AvgIpc) is 2.26. The van der Waals surface area contributed by atoms with Crippen LogP contribution >= 0.6 is 0 Å².